The molecule has 1 aliphatic heterocycles. The second kappa shape index (κ2) is 6.12. The van der Waals surface area contributed by atoms with Crippen molar-refractivity contribution in [3.05, 3.63) is 38.3 Å². The van der Waals surface area contributed by atoms with Crippen LogP contribution in [0.2, 0.25) is 0 Å². The van der Waals surface area contributed by atoms with E-state index >= 15 is 0 Å². The van der Waals surface area contributed by atoms with Gasteiger partial charge >= 0.3 is 0 Å². The number of hydrogen-bond acceptors (Lipinski definition) is 6. The Bertz CT molecular complexity index is 810. The third-order valence-corrected chi connectivity index (χ3v) is 5.95. The number of nitrogens with one attached hydrogen (secondary N) is 3. The molecule has 1 atom stereocenters. The van der Waals surface area contributed by atoms with Gasteiger partial charge in [0.2, 0.25) is 0 Å². The molecule has 0 aromatic carbocycles. The number of rotatable bonds is 3. The minimum Gasteiger partial charge on any atom is -0.303 e. The zero-order valence-electron chi connectivity index (χ0n) is 13.0. The number of thiophene rings is 1. The highest BCUT2D eigenvalue weighted by Gasteiger charge is 2.31. The summed E-state index contributed by atoms with van der Waals surface area (Å²) < 4.78 is 0. The number of aromatic nitrogens is 2. The van der Waals surface area contributed by atoms with E-state index in [9.17, 15) is 9.59 Å². The number of carbonyl (C=O) groups excluding carboxylic acids is 2. The molecule has 2 aromatic heterocycles. The second-order valence-corrected chi connectivity index (χ2v) is 7.37. The van der Waals surface area contributed by atoms with Crippen LogP contribution >= 0.6 is 11.3 Å². The van der Waals surface area contributed by atoms with Crippen LogP contribution < -0.4 is 10.8 Å². The number of hydrogen-bond donors (Lipinski definition) is 4. The number of Topliss-reactive ketones (excluding diaryl/α,β-unsaturated/α-hetero) is 1. The fraction of sp³-hybridized carbons (Fsp3) is 0.438. The van der Waals surface area contributed by atoms with Crippen LogP contribution in [0.1, 0.15) is 54.7 Å². The maximum Gasteiger partial charge on any atom is 0.284 e. The Morgan fingerprint density at radius 1 is 1.33 bits per heavy atom. The van der Waals surface area contributed by atoms with Gasteiger partial charge in [-0.2, -0.15) is 5.10 Å². The van der Waals surface area contributed by atoms with E-state index in [1.165, 1.54) is 11.3 Å². The van der Waals surface area contributed by atoms with Crippen LogP contribution in [0, 0.1) is 0 Å². The summed E-state index contributed by atoms with van der Waals surface area (Å²) >= 11 is 1.33. The molecule has 0 saturated heterocycles. The Labute approximate surface area is 142 Å². The van der Waals surface area contributed by atoms with Crippen LogP contribution in [0.25, 0.3) is 0 Å². The van der Waals surface area contributed by atoms with Crippen molar-refractivity contribution in [1.82, 2.24) is 21.0 Å². The number of carbonyl (C=O) groups is 2. The number of H-pyrrole nitrogens is 1. The molecule has 24 heavy (non-hydrogen) atoms. The lowest BCUT2D eigenvalue weighted by molar-refractivity contribution is 0.0710. The number of hydroxylamine groups is 1. The van der Waals surface area contributed by atoms with Crippen molar-refractivity contribution in [2.24, 2.45) is 0 Å². The van der Waals surface area contributed by atoms with Crippen molar-refractivity contribution >= 4 is 23.0 Å². The molecule has 1 amide bonds. The zero-order chi connectivity index (χ0) is 16.7. The topological polar surface area (TPSA) is 107 Å². The average molecular weight is 346 g/mol. The Morgan fingerprint density at radius 3 is 3.00 bits per heavy atom. The van der Waals surface area contributed by atoms with Gasteiger partial charge in [0.15, 0.2) is 5.78 Å². The first-order valence-corrected chi connectivity index (χ1v) is 8.88. The first-order valence-electron chi connectivity index (χ1n) is 8.07. The number of amides is 1. The number of aromatic amines is 1. The van der Waals surface area contributed by atoms with Crippen LogP contribution in [0.5, 0.6) is 0 Å². The summed E-state index contributed by atoms with van der Waals surface area (Å²) in [4.78, 5) is 25.9. The lowest BCUT2D eigenvalue weighted by Gasteiger charge is -2.22. The van der Waals surface area contributed by atoms with Crippen molar-refractivity contribution in [2.45, 2.75) is 44.7 Å². The Hall–Kier alpha value is -2.03. The normalized spacial score (nSPS) is 19.5. The molecule has 0 fully saturated rings. The Kier molecular flexibility index (Phi) is 3.95. The molecule has 3 heterocycles. The Morgan fingerprint density at radius 2 is 2.17 bits per heavy atom. The van der Waals surface area contributed by atoms with E-state index in [1.807, 2.05) is 0 Å². The van der Waals surface area contributed by atoms with Gasteiger partial charge in [0.1, 0.15) is 5.69 Å². The molecule has 0 saturated carbocycles. The highest BCUT2D eigenvalue weighted by molar-refractivity contribution is 7.14. The van der Waals surface area contributed by atoms with Gasteiger partial charge in [-0.25, -0.2) is 5.48 Å². The van der Waals surface area contributed by atoms with E-state index < -0.39 is 5.91 Å². The molecule has 1 aliphatic carbocycles. The van der Waals surface area contributed by atoms with Gasteiger partial charge in [-0.05, 0) is 37.3 Å². The summed E-state index contributed by atoms with van der Waals surface area (Å²) in [6.45, 7) is 0.539. The van der Waals surface area contributed by atoms with E-state index in [1.54, 1.807) is 11.5 Å². The summed E-state index contributed by atoms with van der Waals surface area (Å²) in [7, 11) is 0. The molecule has 2 aromatic rings. The maximum absolute atomic E-state index is 12.9. The molecular formula is C16H18N4O3S. The van der Waals surface area contributed by atoms with Crippen LogP contribution in [-0.4, -0.2) is 33.1 Å². The zero-order valence-corrected chi connectivity index (χ0v) is 13.8. The molecule has 126 valence electrons. The van der Waals surface area contributed by atoms with Crippen molar-refractivity contribution in [3.8, 4) is 0 Å². The molecule has 0 bridgehead atoms. The molecule has 1 unspecified atom stereocenters. The molecular weight excluding hydrogens is 328 g/mol. The largest absolute Gasteiger partial charge is 0.303 e. The van der Waals surface area contributed by atoms with Gasteiger partial charge in [-0.15, -0.1) is 11.3 Å². The molecule has 2 aliphatic rings. The van der Waals surface area contributed by atoms with Gasteiger partial charge < -0.3 is 5.32 Å². The number of ketones is 1. The van der Waals surface area contributed by atoms with Gasteiger partial charge in [0.05, 0.1) is 16.6 Å². The minimum atomic E-state index is -0.514. The van der Waals surface area contributed by atoms with Crippen molar-refractivity contribution < 1.29 is 14.8 Å². The monoisotopic (exact) mass is 346 g/mol. The fourth-order valence-electron chi connectivity index (χ4n) is 3.48. The van der Waals surface area contributed by atoms with E-state index in [0.29, 0.717) is 23.5 Å². The van der Waals surface area contributed by atoms with Gasteiger partial charge in [0.25, 0.3) is 5.91 Å². The predicted molar refractivity (Wildman–Crippen MR) is 87.5 cm³/mol. The van der Waals surface area contributed by atoms with Crippen molar-refractivity contribution in [2.75, 3.05) is 0 Å². The third kappa shape index (κ3) is 2.56. The molecule has 0 spiro atoms. The van der Waals surface area contributed by atoms with Crippen molar-refractivity contribution in [1.29, 1.82) is 0 Å². The van der Waals surface area contributed by atoms with Crippen LogP contribution in [0.4, 0.5) is 0 Å². The van der Waals surface area contributed by atoms with Gasteiger partial charge in [0, 0.05) is 23.4 Å². The summed E-state index contributed by atoms with van der Waals surface area (Å²) in [5.41, 5.74) is 5.40. The van der Waals surface area contributed by atoms with Crippen molar-refractivity contribution in [3.63, 3.8) is 0 Å². The molecule has 4 rings (SSSR count). The summed E-state index contributed by atoms with van der Waals surface area (Å²) in [5.74, 6) is -0.474. The fourth-order valence-corrected chi connectivity index (χ4v) is 4.60. The lowest BCUT2D eigenvalue weighted by atomic mass is 9.91. The first kappa shape index (κ1) is 15.5. The second-order valence-electron chi connectivity index (χ2n) is 6.23. The van der Waals surface area contributed by atoms with Gasteiger partial charge in [-0.3, -0.25) is 19.9 Å². The van der Waals surface area contributed by atoms with E-state index in [4.69, 9.17) is 5.21 Å². The standard InChI is InChI=1S/C16H18N4O3S/c21-15(14-9-3-1-2-4-10(9)18-19-14)11-6-12-8(7-17-11)5-13(24-12)16(22)20-23/h5,11,17,23H,1-4,6-7H2,(H,18,19)(H,20,22). The molecule has 7 nitrogen and oxygen atoms in total. The van der Waals surface area contributed by atoms with E-state index in [0.717, 1.165) is 47.4 Å². The summed E-state index contributed by atoms with van der Waals surface area (Å²) in [5, 5.41) is 19.2. The number of aryl methyl sites for hydroxylation is 1. The predicted octanol–water partition coefficient (Wildman–Crippen LogP) is 1.37. The quantitative estimate of drug-likeness (QED) is 0.381. The Balaban J connectivity index is 1.56. The average Bonchev–Trinajstić information content (AvgIpc) is 3.23. The molecule has 4 N–H and O–H groups in total. The molecule has 0 radical (unpaired) electrons. The number of nitrogens with zero attached hydrogens (tertiary/aromatic N) is 1. The summed E-state index contributed by atoms with van der Waals surface area (Å²) in [6.07, 6.45) is 4.61. The smallest absolute Gasteiger partial charge is 0.284 e. The number of fused-ring (bicyclic) bond motifs is 2. The van der Waals surface area contributed by atoms with E-state index in [-0.39, 0.29) is 11.8 Å². The lowest BCUT2D eigenvalue weighted by Crippen LogP contribution is -2.41. The van der Waals surface area contributed by atoms with Crippen LogP contribution in [0.15, 0.2) is 6.07 Å². The van der Waals surface area contributed by atoms with Crippen LogP contribution in [-0.2, 0) is 25.8 Å². The third-order valence-electron chi connectivity index (χ3n) is 4.76. The SMILES string of the molecule is O=C(NO)c1cc2c(s1)CC(C(=O)c1[nH]nc3c1CCCC3)NC2. The van der Waals surface area contributed by atoms with Gasteiger partial charge in [-0.1, -0.05) is 0 Å². The maximum atomic E-state index is 12.9. The highest BCUT2D eigenvalue weighted by Crippen LogP contribution is 2.29. The van der Waals surface area contributed by atoms with Crippen LogP contribution in [0.3, 0.4) is 0 Å². The minimum absolute atomic E-state index is 0.0397. The first-order chi connectivity index (χ1) is 11.7. The van der Waals surface area contributed by atoms with E-state index in [2.05, 4.69) is 15.5 Å². The molecule has 8 heteroatoms. The summed E-state index contributed by atoms with van der Waals surface area (Å²) in [6, 6.07) is 1.45. The highest BCUT2D eigenvalue weighted by atomic mass is 32.1.